The average Bonchev–Trinajstić information content (AvgIpc) is 3.12. The van der Waals surface area contributed by atoms with Gasteiger partial charge < -0.3 is 9.64 Å². The molecule has 0 N–H and O–H groups in total. The summed E-state index contributed by atoms with van der Waals surface area (Å²) >= 11 is 0.812. The van der Waals surface area contributed by atoms with Gasteiger partial charge in [0.25, 0.3) is 11.2 Å². The van der Waals surface area contributed by atoms with Crippen LogP contribution in [0.1, 0.15) is 12.0 Å². The Hall–Kier alpha value is -2.80. The zero-order chi connectivity index (χ0) is 21.6. The second-order valence-electron chi connectivity index (χ2n) is 6.92. The molecule has 1 unspecified atom stereocenters. The van der Waals surface area contributed by atoms with E-state index in [9.17, 15) is 32.9 Å². The number of halogens is 3. The third-order valence-corrected chi connectivity index (χ3v) is 6.31. The first kappa shape index (κ1) is 20.5. The molecule has 2 fully saturated rings. The largest absolute Gasteiger partial charge is 0.464 e. The molecule has 13 heteroatoms. The Balaban J connectivity index is 1.66. The van der Waals surface area contributed by atoms with Gasteiger partial charge in [0.15, 0.2) is 5.13 Å². The summed E-state index contributed by atoms with van der Waals surface area (Å²) in [5.74, 6) is -0.270. The fourth-order valence-corrected chi connectivity index (χ4v) is 4.73. The summed E-state index contributed by atoms with van der Waals surface area (Å²) in [5, 5.41) is 11.1. The van der Waals surface area contributed by atoms with Crippen LogP contribution < -0.4 is 10.5 Å². The second-order valence-corrected chi connectivity index (χ2v) is 7.90. The van der Waals surface area contributed by atoms with E-state index in [1.54, 1.807) is 4.90 Å². The Kier molecular flexibility index (Phi) is 5.10. The Labute approximate surface area is 170 Å². The molecule has 2 aliphatic heterocycles. The summed E-state index contributed by atoms with van der Waals surface area (Å²) < 4.78 is 44.0. The molecule has 0 spiro atoms. The third-order valence-electron chi connectivity index (χ3n) is 5.15. The number of benzene rings is 1. The van der Waals surface area contributed by atoms with Gasteiger partial charge in [-0.3, -0.25) is 24.6 Å². The smallest absolute Gasteiger partial charge is 0.416 e. The highest BCUT2D eigenvalue weighted by Gasteiger charge is 2.36. The van der Waals surface area contributed by atoms with Crippen LogP contribution in [0.15, 0.2) is 16.9 Å². The molecule has 0 radical (unpaired) electrons. The van der Waals surface area contributed by atoms with Gasteiger partial charge in [-0.15, -0.1) is 0 Å². The van der Waals surface area contributed by atoms with Crippen LogP contribution in [0.2, 0.25) is 0 Å². The number of hydrogen-bond acceptors (Lipinski definition) is 9. The molecule has 1 atom stereocenters. The number of anilines is 1. The zero-order valence-electron chi connectivity index (χ0n) is 15.3. The fourth-order valence-electron chi connectivity index (χ4n) is 3.62. The quantitative estimate of drug-likeness (QED) is 0.402. The monoisotopic (exact) mass is 444 g/mol. The number of carbonyl (C=O) groups excluding carboxylic acids is 1. The van der Waals surface area contributed by atoms with E-state index >= 15 is 0 Å². The van der Waals surface area contributed by atoms with E-state index in [0.29, 0.717) is 51.3 Å². The minimum Gasteiger partial charge on any atom is -0.464 e. The molecule has 3 heterocycles. The van der Waals surface area contributed by atoms with Crippen molar-refractivity contribution in [1.29, 1.82) is 0 Å². The number of nitro benzene ring substituents is 1. The first-order chi connectivity index (χ1) is 14.1. The molecule has 2 saturated heterocycles. The van der Waals surface area contributed by atoms with Crippen LogP contribution in [0.25, 0.3) is 10.1 Å². The number of piperazine rings is 1. The second kappa shape index (κ2) is 7.47. The van der Waals surface area contributed by atoms with Gasteiger partial charge in [0.2, 0.25) is 0 Å². The highest BCUT2D eigenvalue weighted by Crippen LogP contribution is 2.38. The molecule has 9 nitrogen and oxygen atoms in total. The topological polar surface area (TPSA) is 106 Å². The molecule has 160 valence electrons. The summed E-state index contributed by atoms with van der Waals surface area (Å²) in [6.45, 7) is 2.19. The van der Waals surface area contributed by atoms with Crippen molar-refractivity contribution in [3.63, 3.8) is 0 Å². The molecule has 1 aromatic heterocycles. The van der Waals surface area contributed by atoms with Crippen molar-refractivity contribution in [2.75, 3.05) is 37.7 Å². The van der Waals surface area contributed by atoms with Crippen molar-refractivity contribution in [3.05, 3.63) is 38.2 Å². The number of aromatic nitrogens is 1. The van der Waals surface area contributed by atoms with Crippen molar-refractivity contribution in [2.45, 2.75) is 18.6 Å². The normalized spacial score (nSPS) is 20.6. The van der Waals surface area contributed by atoms with Crippen LogP contribution in [0.4, 0.5) is 24.0 Å². The highest BCUT2D eigenvalue weighted by molar-refractivity contribution is 7.22. The predicted octanol–water partition coefficient (Wildman–Crippen LogP) is 2.02. The Morgan fingerprint density at radius 3 is 2.47 bits per heavy atom. The van der Waals surface area contributed by atoms with Gasteiger partial charge in [0.05, 0.1) is 22.5 Å². The van der Waals surface area contributed by atoms with Crippen LogP contribution in [-0.2, 0) is 15.7 Å². The third kappa shape index (κ3) is 3.69. The first-order valence-corrected chi connectivity index (χ1v) is 9.83. The maximum Gasteiger partial charge on any atom is 0.416 e. The number of cyclic esters (lactones) is 1. The lowest BCUT2D eigenvalue weighted by Gasteiger charge is -2.36. The van der Waals surface area contributed by atoms with Gasteiger partial charge in [-0.25, -0.2) is 0 Å². The number of non-ortho nitro benzene ring substituents is 1. The Bertz CT molecular complexity index is 1080. The van der Waals surface area contributed by atoms with Crippen LogP contribution in [-0.4, -0.2) is 59.6 Å². The van der Waals surface area contributed by atoms with Gasteiger partial charge in [0, 0.05) is 38.7 Å². The summed E-state index contributed by atoms with van der Waals surface area (Å²) in [6, 6.07) is 0.727. The lowest BCUT2D eigenvalue weighted by atomic mass is 10.1. The van der Waals surface area contributed by atoms with Crippen molar-refractivity contribution in [3.8, 4) is 0 Å². The minimum absolute atomic E-state index is 0.148. The molecule has 0 saturated carbocycles. The molecule has 2 aromatic rings. The maximum absolute atomic E-state index is 13.1. The van der Waals surface area contributed by atoms with E-state index in [-0.39, 0.29) is 21.8 Å². The summed E-state index contributed by atoms with van der Waals surface area (Å²) in [7, 11) is 0. The number of nitrogens with zero attached hydrogens (tertiary/aromatic N) is 4. The van der Waals surface area contributed by atoms with Crippen molar-refractivity contribution >= 4 is 38.2 Å². The number of rotatable bonds is 3. The van der Waals surface area contributed by atoms with E-state index in [1.807, 2.05) is 4.90 Å². The lowest BCUT2D eigenvalue weighted by Crippen LogP contribution is -2.51. The van der Waals surface area contributed by atoms with E-state index in [4.69, 9.17) is 4.74 Å². The molecular weight excluding hydrogens is 429 g/mol. The fraction of sp³-hybridized carbons (Fsp3) is 0.471. The number of alkyl halides is 3. The van der Waals surface area contributed by atoms with E-state index in [1.165, 1.54) is 0 Å². The van der Waals surface area contributed by atoms with Crippen LogP contribution in [0.3, 0.4) is 0 Å². The van der Waals surface area contributed by atoms with Gasteiger partial charge in [0.1, 0.15) is 10.7 Å². The van der Waals surface area contributed by atoms with E-state index in [2.05, 4.69) is 4.98 Å². The Morgan fingerprint density at radius 1 is 1.20 bits per heavy atom. The number of nitro groups is 1. The molecule has 0 bridgehead atoms. The maximum atomic E-state index is 13.1. The van der Waals surface area contributed by atoms with Crippen LogP contribution >= 0.6 is 11.3 Å². The number of esters is 1. The molecule has 0 aliphatic carbocycles. The number of ether oxygens (including phenoxy) is 1. The molecule has 4 rings (SSSR count). The van der Waals surface area contributed by atoms with Gasteiger partial charge in [-0.2, -0.15) is 18.2 Å². The van der Waals surface area contributed by atoms with Gasteiger partial charge in [-0.05, 0) is 6.07 Å². The summed E-state index contributed by atoms with van der Waals surface area (Å²) in [6.07, 6.45) is -4.22. The highest BCUT2D eigenvalue weighted by atomic mass is 32.1. The number of carbonyl (C=O) groups is 1. The minimum atomic E-state index is -4.83. The van der Waals surface area contributed by atoms with Crippen LogP contribution in [0, 0.1) is 10.1 Å². The molecular formula is C17H15F3N4O5S. The lowest BCUT2D eigenvalue weighted by molar-refractivity contribution is -0.383. The summed E-state index contributed by atoms with van der Waals surface area (Å²) in [5.41, 5.74) is -3.00. The SMILES string of the molecule is O=C1OCCC1N1CCN(c2nc(=O)c3cc(C(F)(F)F)cc([N+](=O)[O-])c3s2)CC1. The molecule has 1 aromatic carbocycles. The van der Waals surface area contributed by atoms with Crippen molar-refractivity contribution in [2.24, 2.45) is 0 Å². The Morgan fingerprint density at radius 2 is 1.90 bits per heavy atom. The average molecular weight is 444 g/mol. The standard InChI is InChI=1S/C17H15F3N4O5S/c18-17(19,20)9-7-10-13(12(8-9)24(27)28)30-16(21-14(10)25)23-4-2-22(3-5-23)11-1-6-29-15(11)26/h7-8,11H,1-6H2. The molecule has 2 aliphatic rings. The molecule has 0 amide bonds. The zero-order valence-corrected chi connectivity index (χ0v) is 16.2. The number of fused-ring (bicyclic) bond motifs is 1. The van der Waals surface area contributed by atoms with Crippen molar-refractivity contribution < 1.29 is 27.6 Å². The summed E-state index contributed by atoms with van der Waals surface area (Å²) in [4.78, 5) is 42.2. The van der Waals surface area contributed by atoms with E-state index < -0.39 is 33.3 Å². The number of hydrogen-bond donors (Lipinski definition) is 0. The van der Waals surface area contributed by atoms with Crippen molar-refractivity contribution in [1.82, 2.24) is 9.88 Å². The van der Waals surface area contributed by atoms with E-state index in [0.717, 1.165) is 11.3 Å². The predicted molar refractivity (Wildman–Crippen MR) is 101 cm³/mol. The van der Waals surface area contributed by atoms with Gasteiger partial charge in [-0.1, -0.05) is 11.3 Å². The molecule has 30 heavy (non-hydrogen) atoms. The van der Waals surface area contributed by atoms with Crippen LogP contribution in [0.5, 0.6) is 0 Å². The van der Waals surface area contributed by atoms with Gasteiger partial charge >= 0.3 is 12.1 Å². The first-order valence-electron chi connectivity index (χ1n) is 9.01.